The van der Waals surface area contributed by atoms with Crippen LogP contribution in [0.2, 0.25) is 0 Å². The third kappa shape index (κ3) is 4.28. The monoisotopic (exact) mass is 301 g/mol. The van der Waals surface area contributed by atoms with Crippen molar-refractivity contribution >= 4 is 33.5 Å². The molecule has 0 aliphatic heterocycles. The predicted molar refractivity (Wildman–Crippen MR) is 73.4 cm³/mol. The van der Waals surface area contributed by atoms with Crippen molar-refractivity contribution in [3.8, 4) is 0 Å². The summed E-state index contributed by atoms with van der Waals surface area (Å²) in [6.07, 6.45) is 0. The molecule has 0 unspecified atom stereocenters. The molecule has 0 fully saturated rings. The molecule has 0 saturated heterocycles. The van der Waals surface area contributed by atoms with Gasteiger partial charge in [-0.15, -0.1) is 11.8 Å². The number of rotatable bonds is 5. The number of benzene rings is 1. The number of carbonyl (C=O) groups is 1. The summed E-state index contributed by atoms with van der Waals surface area (Å²) >= 11 is 5.29. The van der Waals surface area contributed by atoms with Crippen LogP contribution in [0.1, 0.15) is 17.3 Å². The van der Waals surface area contributed by atoms with Crippen molar-refractivity contribution in [2.75, 3.05) is 26.4 Å². The third-order valence-corrected chi connectivity index (χ3v) is 4.11. The number of halogens is 1. The Balaban J connectivity index is 2.64. The fourth-order valence-electron chi connectivity index (χ4n) is 1.18. The number of thioether (sulfide) groups is 1. The van der Waals surface area contributed by atoms with Crippen molar-refractivity contribution in [2.24, 2.45) is 0 Å². The molecule has 0 amide bonds. The lowest BCUT2D eigenvalue weighted by Crippen LogP contribution is -2.14. The standard InChI is InChI=1S/C12H16BrNOS/c1-9(15)10-4-5-12(11(13)8-10)16-7-6-14(2)3/h4-5,8H,6-7H2,1-3H3. The van der Waals surface area contributed by atoms with E-state index in [-0.39, 0.29) is 5.78 Å². The van der Waals surface area contributed by atoms with E-state index in [2.05, 4.69) is 34.9 Å². The minimum Gasteiger partial charge on any atom is -0.309 e. The molecule has 2 nitrogen and oxygen atoms in total. The zero-order chi connectivity index (χ0) is 12.1. The van der Waals surface area contributed by atoms with Crippen LogP contribution >= 0.6 is 27.7 Å². The van der Waals surface area contributed by atoms with Gasteiger partial charge in [0.05, 0.1) is 0 Å². The summed E-state index contributed by atoms with van der Waals surface area (Å²) in [5, 5.41) is 0. The molecule has 88 valence electrons. The quantitative estimate of drug-likeness (QED) is 0.615. The van der Waals surface area contributed by atoms with Crippen molar-refractivity contribution in [2.45, 2.75) is 11.8 Å². The van der Waals surface area contributed by atoms with E-state index in [9.17, 15) is 4.79 Å². The van der Waals surface area contributed by atoms with Crippen LogP contribution in [0.3, 0.4) is 0 Å². The van der Waals surface area contributed by atoms with Gasteiger partial charge >= 0.3 is 0 Å². The molecular weight excluding hydrogens is 286 g/mol. The fraction of sp³-hybridized carbons (Fsp3) is 0.417. The number of carbonyl (C=O) groups excluding carboxylic acids is 1. The van der Waals surface area contributed by atoms with Gasteiger partial charge < -0.3 is 4.90 Å². The number of ketones is 1. The first-order valence-corrected chi connectivity index (χ1v) is 6.86. The van der Waals surface area contributed by atoms with Crippen LogP contribution in [0.25, 0.3) is 0 Å². The molecule has 0 atom stereocenters. The van der Waals surface area contributed by atoms with Gasteiger partial charge in [-0.1, -0.05) is 6.07 Å². The Labute approximate surface area is 110 Å². The molecule has 0 N–H and O–H groups in total. The molecule has 1 rings (SSSR count). The van der Waals surface area contributed by atoms with E-state index in [4.69, 9.17) is 0 Å². The van der Waals surface area contributed by atoms with E-state index >= 15 is 0 Å². The van der Waals surface area contributed by atoms with Crippen LogP contribution in [-0.2, 0) is 0 Å². The average molecular weight is 302 g/mol. The van der Waals surface area contributed by atoms with Gasteiger partial charge in [-0.05, 0) is 49.1 Å². The summed E-state index contributed by atoms with van der Waals surface area (Å²) in [5.74, 6) is 1.15. The van der Waals surface area contributed by atoms with Gasteiger partial charge in [-0.2, -0.15) is 0 Å². The second-order valence-corrected chi connectivity index (χ2v) is 5.84. The lowest BCUT2D eigenvalue weighted by molar-refractivity contribution is 0.101. The van der Waals surface area contributed by atoms with Gasteiger partial charge in [-0.3, -0.25) is 4.79 Å². The van der Waals surface area contributed by atoms with Gasteiger partial charge in [0.15, 0.2) is 5.78 Å². The minimum absolute atomic E-state index is 0.102. The van der Waals surface area contributed by atoms with E-state index in [1.807, 2.05) is 18.2 Å². The van der Waals surface area contributed by atoms with Crippen LogP contribution in [0.4, 0.5) is 0 Å². The number of nitrogens with zero attached hydrogens (tertiary/aromatic N) is 1. The summed E-state index contributed by atoms with van der Waals surface area (Å²) in [7, 11) is 4.13. The molecule has 0 spiro atoms. The molecule has 0 bridgehead atoms. The summed E-state index contributed by atoms with van der Waals surface area (Å²) in [4.78, 5) is 14.5. The van der Waals surface area contributed by atoms with Crippen molar-refractivity contribution in [1.82, 2.24) is 4.90 Å². The maximum Gasteiger partial charge on any atom is 0.159 e. The summed E-state index contributed by atoms with van der Waals surface area (Å²) in [6, 6.07) is 5.77. The summed E-state index contributed by atoms with van der Waals surface area (Å²) < 4.78 is 1.00. The highest BCUT2D eigenvalue weighted by Gasteiger charge is 2.05. The highest BCUT2D eigenvalue weighted by atomic mass is 79.9. The van der Waals surface area contributed by atoms with Crippen molar-refractivity contribution in [1.29, 1.82) is 0 Å². The third-order valence-electron chi connectivity index (χ3n) is 2.13. The van der Waals surface area contributed by atoms with Gasteiger partial charge in [0, 0.05) is 27.2 Å². The molecule has 0 heterocycles. The molecule has 0 aromatic heterocycles. The minimum atomic E-state index is 0.102. The maximum absolute atomic E-state index is 11.2. The van der Waals surface area contributed by atoms with E-state index in [0.29, 0.717) is 0 Å². The number of hydrogen-bond acceptors (Lipinski definition) is 3. The van der Waals surface area contributed by atoms with E-state index in [0.717, 1.165) is 22.3 Å². The van der Waals surface area contributed by atoms with Gasteiger partial charge in [0.1, 0.15) is 0 Å². The highest BCUT2D eigenvalue weighted by molar-refractivity contribution is 9.10. The first-order chi connectivity index (χ1) is 7.50. The van der Waals surface area contributed by atoms with Crippen LogP contribution in [0.15, 0.2) is 27.6 Å². The van der Waals surface area contributed by atoms with E-state index in [1.165, 1.54) is 4.90 Å². The van der Waals surface area contributed by atoms with Gasteiger partial charge in [0.25, 0.3) is 0 Å². The predicted octanol–water partition coefficient (Wildman–Crippen LogP) is 3.31. The van der Waals surface area contributed by atoms with Gasteiger partial charge in [-0.25, -0.2) is 0 Å². The van der Waals surface area contributed by atoms with Crippen molar-refractivity contribution in [3.63, 3.8) is 0 Å². The molecule has 16 heavy (non-hydrogen) atoms. The molecule has 0 radical (unpaired) electrons. The van der Waals surface area contributed by atoms with E-state index < -0.39 is 0 Å². The molecule has 0 aliphatic rings. The molecule has 1 aromatic carbocycles. The Hall–Kier alpha value is -0.320. The molecule has 4 heteroatoms. The smallest absolute Gasteiger partial charge is 0.159 e. The lowest BCUT2D eigenvalue weighted by atomic mass is 10.2. The largest absolute Gasteiger partial charge is 0.309 e. The fourth-order valence-corrected chi connectivity index (χ4v) is 2.93. The molecule has 1 aromatic rings. The Morgan fingerprint density at radius 1 is 1.44 bits per heavy atom. The van der Waals surface area contributed by atoms with E-state index in [1.54, 1.807) is 18.7 Å². The Morgan fingerprint density at radius 3 is 2.62 bits per heavy atom. The summed E-state index contributed by atoms with van der Waals surface area (Å²) in [5.41, 5.74) is 0.754. The van der Waals surface area contributed by atoms with Crippen LogP contribution in [0.5, 0.6) is 0 Å². The van der Waals surface area contributed by atoms with Crippen LogP contribution < -0.4 is 0 Å². The SMILES string of the molecule is CC(=O)c1ccc(SCCN(C)C)c(Br)c1. The lowest BCUT2D eigenvalue weighted by Gasteiger charge is -2.10. The number of Topliss-reactive ketones (excluding diaryl/α,β-unsaturated/α-hetero) is 1. The Bertz CT molecular complexity index is 379. The zero-order valence-corrected chi connectivity index (χ0v) is 12.2. The molecular formula is C12H16BrNOS. The molecule has 0 aliphatic carbocycles. The topological polar surface area (TPSA) is 20.3 Å². The molecule has 0 saturated carbocycles. The van der Waals surface area contributed by atoms with Crippen LogP contribution in [-0.4, -0.2) is 37.1 Å². The number of hydrogen-bond donors (Lipinski definition) is 0. The first-order valence-electron chi connectivity index (χ1n) is 5.08. The van der Waals surface area contributed by atoms with Crippen molar-refractivity contribution < 1.29 is 4.79 Å². The zero-order valence-electron chi connectivity index (χ0n) is 9.79. The van der Waals surface area contributed by atoms with Gasteiger partial charge in [0.2, 0.25) is 0 Å². The van der Waals surface area contributed by atoms with Crippen LogP contribution in [0, 0.1) is 0 Å². The summed E-state index contributed by atoms with van der Waals surface area (Å²) in [6.45, 7) is 2.63. The Morgan fingerprint density at radius 2 is 2.12 bits per heavy atom. The Kier molecular flexibility index (Phi) is 5.52. The maximum atomic E-state index is 11.2. The van der Waals surface area contributed by atoms with Crippen molar-refractivity contribution in [3.05, 3.63) is 28.2 Å². The normalized spacial score (nSPS) is 10.8. The second kappa shape index (κ2) is 6.42. The highest BCUT2D eigenvalue weighted by Crippen LogP contribution is 2.28. The second-order valence-electron chi connectivity index (χ2n) is 3.85. The first kappa shape index (κ1) is 13.7. The average Bonchev–Trinajstić information content (AvgIpc) is 2.19.